The predicted octanol–water partition coefficient (Wildman–Crippen LogP) is 1.55. The van der Waals surface area contributed by atoms with Crippen LogP contribution in [0, 0.1) is 5.82 Å². The number of fused-ring (bicyclic) bond motifs is 1. The molecule has 0 saturated carbocycles. The van der Waals surface area contributed by atoms with Crippen molar-refractivity contribution >= 4 is 17.1 Å². The molecule has 3 aromatic rings. The van der Waals surface area contributed by atoms with Crippen molar-refractivity contribution in [1.29, 1.82) is 0 Å². The Bertz CT molecular complexity index is 755. The molecule has 0 unspecified atom stereocenters. The number of benzene rings is 1. The molecule has 0 radical (unpaired) electrons. The molecule has 2 N–H and O–H groups in total. The zero-order valence-electron chi connectivity index (χ0n) is 10.0. The molecule has 3 rings (SSSR count). The molecule has 0 aliphatic heterocycles. The second-order valence-corrected chi connectivity index (χ2v) is 3.84. The quantitative estimate of drug-likeness (QED) is 0.755. The van der Waals surface area contributed by atoms with Crippen LogP contribution in [0.1, 0.15) is 0 Å². The van der Waals surface area contributed by atoms with Crippen LogP contribution in [0.15, 0.2) is 30.6 Å². The Morgan fingerprint density at radius 2 is 2.16 bits per heavy atom. The van der Waals surface area contributed by atoms with E-state index in [0.717, 1.165) is 0 Å². The normalized spacial score (nSPS) is 10.8. The molecule has 96 valence electrons. The number of rotatable bonds is 2. The number of halogens is 1. The third-order valence-corrected chi connectivity index (χ3v) is 2.70. The Morgan fingerprint density at radius 3 is 2.89 bits per heavy atom. The first kappa shape index (κ1) is 11.4. The van der Waals surface area contributed by atoms with Gasteiger partial charge in [-0.2, -0.15) is 4.98 Å². The number of hydrogen-bond donors (Lipinski definition) is 1. The van der Waals surface area contributed by atoms with Gasteiger partial charge < -0.3 is 10.5 Å². The van der Waals surface area contributed by atoms with Crippen LogP contribution in [0.2, 0.25) is 0 Å². The molecule has 0 fully saturated rings. The lowest BCUT2D eigenvalue weighted by atomic mass is 10.3. The molecule has 2 aromatic heterocycles. The van der Waals surface area contributed by atoms with Gasteiger partial charge in [0.05, 0.1) is 12.8 Å². The second-order valence-electron chi connectivity index (χ2n) is 3.84. The van der Waals surface area contributed by atoms with Crippen LogP contribution in [0.5, 0.6) is 5.88 Å². The number of imidazole rings is 1. The third kappa shape index (κ3) is 1.75. The minimum Gasteiger partial charge on any atom is -0.479 e. The van der Waals surface area contributed by atoms with Gasteiger partial charge in [-0.05, 0) is 18.2 Å². The topological polar surface area (TPSA) is 78.8 Å². The summed E-state index contributed by atoms with van der Waals surface area (Å²) < 4.78 is 19.9. The molecule has 0 atom stereocenters. The lowest BCUT2D eigenvalue weighted by molar-refractivity contribution is 0.401. The van der Waals surface area contributed by atoms with Crippen LogP contribution in [-0.4, -0.2) is 26.6 Å². The van der Waals surface area contributed by atoms with Gasteiger partial charge in [-0.1, -0.05) is 6.07 Å². The first-order valence-corrected chi connectivity index (χ1v) is 5.49. The minimum absolute atomic E-state index is 0.194. The van der Waals surface area contributed by atoms with E-state index in [2.05, 4.69) is 15.0 Å². The summed E-state index contributed by atoms with van der Waals surface area (Å²) >= 11 is 0. The number of nitrogen functional groups attached to an aromatic ring is 1. The molecule has 0 spiro atoms. The SMILES string of the molecule is COc1ncnc2c1nc(N)n2-c1cccc(F)c1. The summed E-state index contributed by atoms with van der Waals surface area (Å²) in [5, 5.41) is 0. The van der Waals surface area contributed by atoms with Crippen molar-refractivity contribution in [2.24, 2.45) is 0 Å². The van der Waals surface area contributed by atoms with E-state index in [1.165, 1.54) is 25.6 Å². The Morgan fingerprint density at radius 1 is 1.32 bits per heavy atom. The van der Waals surface area contributed by atoms with Crippen LogP contribution in [0.3, 0.4) is 0 Å². The Balaban J connectivity index is 2.32. The number of hydrogen-bond acceptors (Lipinski definition) is 5. The highest BCUT2D eigenvalue weighted by atomic mass is 19.1. The number of methoxy groups -OCH3 is 1. The van der Waals surface area contributed by atoms with Crippen molar-refractivity contribution < 1.29 is 9.13 Å². The van der Waals surface area contributed by atoms with Gasteiger partial charge >= 0.3 is 0 Å². The standard InChI is InChI=1S/C12H10FN5O/c1-19-11-9-10(15-6-16-11)18(12(14)17-9)8-4-2-3-7(13)5-8/h2-6H,1H3,(H2,14,17). The second kappa shape index (κ2) is 4.20. The van der Waals surface area contributed by atoms with Crippen molar-refractivity contribution in [2.45, 2.75) is 0 Å². The maximum absolute atomic E-state index is 13.3. The lowest BCUT2D eigenvalue weighted by Crippen LogP contribution is -2.01. The van der Waals surface area contributed by atoms with Crippen LogP contribution >= 0.6 is 0 Å². The van der Waals surface area contributed by atoms with E-state index in [-0.39, 0.29) is 11.8 Å². The number of anilines is 1. The molecule has 0 aliphatic rings. The number of nitrogens with two attached hydrogens (primary N) is 1. The predicted molar refractivity (Wildman–Crippen MR) is 67.6 cm³/mol. The van der Waals surface area contributed by atoms with E-state index < -0.39 is 0 Å². The number of nitrogens with zero attached hydrogens (tertiary/aromatic N) is 4. The summed E-state index contributed by atoms with van der Waals surface area (Å²) in [6.45, 7) is 0. The first-order valence-electron chi connectivity index (χ1n) is 5.49. The highest BCUT2D eigenvalue weighted by molar-refractivity contribution is 5.81. The minimum atomic E-state index is -0.361. The molecule has 2 heterocycles. The highest BCUT2D eigenvalue weighted by Crippen LogP contribution is 2.26. The smallest absolute Gasteiger partial charge is 0.245 e. The number of aromatic nitrogens is 4. The van der Waals surface area contributed by atoms with Crippen LogP contribution in [0.4, 0.5) is 10.3 Å². The largest absolute Gasteiger partial charge is 0.479 e. The average Bonchev–Trinajstić information content (AvgIpc) is 2.74. The van der Waals surface area contributed by atoms with Gasteiger partial charge in [0, 0.05) is 0 Å². The van der Waals surface area contributed by atoms with Crippen LogP contribution < -0.4 is 10.5 Å². The van der Waals surface area contributed by atoms with E-state index >= 15 is 0 Å². The van der Waals surface area contributed by atoms with E-state index in [1.807, 2.05) is 0 Å². The molecule has 6 nitrogen and oxygen atoms in total. The maximum Gasteiger partial charge on any atom is 0.245 e. The fraction of sp³-hybridized carbons (Fsp3) is 0.0833. The summed E-state index contributed by atoms with van der Waals surface area (Å²) in [5.41, 5.74) is 7.31. The highest BCUT2D eigenvalue weighted by Gasteiger charge is 2.15. The van der Waals surface area contributed by atoms with Crippen molar-refractivity contribution in [3.8, 4) is 11.6 Å². The van der Waals surface area contributed by atoms with E-state index in [9.17, 15) is 4.39 Å². The van der Waals surface area contributed by atoms with E-state index in [4.69, 9.17) is 10.5 Å². The molecular formula is C12H10FN5O. The summed E-state index contributed by atoms with van der Waals surface area (Å²) in [6, 6.07) is 6.02. The van der Waals surface area contributed by atoms with Crippen LogP contribution in [-0.2, 0) is 0 Å². The third-order valence-electron chi connectivity index (χ3n) is 2.70. The van der Waals surface area contributed by atoms with Gasteiger partial charge in [-0.3, -0.25) is 4.57 Å². The molecule has 19 heavy (non-hydrogen) atoms. The van der Waals surface area contributed by atoms with Crippen molar-refractivity contribution in [3.05, 3.63) is 36.4 Å². The molecule has 0 saturated heterocycles. The summed E-state index contributed by atoms with van der Waals surface area (Å²) in [5.74, 6) is 0.158. The maximum atomic E-state index is 13.3. The zero-order valence-corrected chi connectivity index (χ0v) is 10.0. The summed E-state index contributed by atoms with van der Waals surface area (Å²) in [7, 11) is 1.49. The molecule has 7 heteroatoms. The Hall–Kier alpha value is -2.70. The van der Waals surface area contributed by atoms with E-state index in [1.54, 1.807) is 16.7 Å². The van der Waals surface area contributed by atoms with Crippen molar-refractivity contribution in [1.82, 2.24) is 19.5 Å². The van der Waals surface area contributed by atoms with Crippen molar-refractivity contribution in [2.75, 3.05) is 12.8 Å². The number of ether oxygens (including phenoxy) is 1. The van der Waals surface area contributed by atoms with Crippen LogP contribution in [0.25, 0.3) is 16.9 Å². The van der Waals surface area contributed by atoms with Gasteiger partial charge in [0.15, 0.2) is 11.2 Å². The fourth-order valence-electron chi connectivity index (χ4n) is 1.91. The summed E-state index contributed by atoms with van der Waals surface area (Å²) in [4.78, 5) is 12.2. The fourth-order valence-corrected chi connectivity index (χ4v) is 1.91. The monoisotopic (exact) mass is 259 g/mol. The Kier molecular flexibility index (Phi) is 2.52. The van der Waals surface area contributed by atoms with Gasteiger partial charge in [-0.15, -0.1) is 0 Å². The molecule has 0 amide bonds. The molecule has 1 aromatic carbocycles. The average molecular weight is 259 g/mol. The summed E-state index contributed by atoms with van der Waals surface area (Å²) in [6.07, 6.45) is 1.35. The van der Waals surface area contributed by atoms with E-state index in [0.29, 0.717) is 22.7 Å². The zero-order chi connectivity index (χ0) is 13.4. The van der Waals surface area contributed by atoms with Gasteiger partial charge in [0.2, 0.25) is 11.8 Å². The van der Waals surface area contributed by atoms with Gasteiger partial charge in [-0.25, -0.2) is 14.4 Å². The van der Waals surface area contributed by atoms with Gasteiger partial charge in [0.25, 0.3) is 0 Å². The first-order chi connectivity index (χ1) is 9.20. The van der Waals surface area contributed by atoms with Gasteiger partial charge in [0.1, 0.15) is 12.1 Å². The molecule has 0 aliphatic carbocycles. The lowest BCUT2D eigenvalue weighted by Gasteiger charge is -2.05. The molecular weight excluding hydrogens is 249 g/mol. The van der Waals surface area contributed by atoms with Crippen molar-refractivity contribution in [3.63, 3.8) is 0 Å². The Labute approximate surface area is 107 Å². The molecule has 0 bridgehead atoms.